The van der Waals surface area contributed by atoms with Crippen molar-refractivity contribution in [2.45, 2.75) is 46.5 Å². The summed E-state index contributed by atoms with van der Waals surface area (Å²) < 4.78 is 10.3. The molecule has 0 radical (unpaired) electrons. The van der Waals surface area contributed by atoms with E-state index in [9.17, 15) is 9.59 Å². The largest absolute Gasteiger partial charge is 0.465 e. The van der Waals surface area contributed by atoms with Crippen LogP contribution in [0.3, 0.4) is 0 Å². The summed E-state index contributed by atoms with van der Waals surface area (Å²) in [5.41, 5.74) is -0.113. The van der Waals surface area contributed by atoms with Crippen LogP contribution in [0.5, 0.6) is 0 Å². The molecule has 0 spiro atoms. The molecule has 0 aromatic heterocycles. The first-order valence-electron chi connectivity index (χ1n) is 7.71. The maximum Gasteiger partial charge on any atom is 0.323 e. The third-order valence-corrected chi connectivity index (χ3v) is 3.86. The van der Waals surface area contributed by atoms with Gasteiger partial charge in [-0.15, -0.1) is 6.58 Å². The number of esters is 2. The minimum Gasteiger partial charge on any atom is -0.465 e. The highest BCUT2D eigenvalue weighted by atomic mass is 16.6. The van der Waals surface area contributed by atoms with Gasteiger partial charge in [-0.1, -0.05) is 31.1 Å². The van der Waals surface area contributed by atoms with Crippen LogP contribution in [0.1, 0.15) is 46.5 Å². The summed E-state index contributed by atoms with van der Waals surface area (Å²) in [4.78, 5) is 24.8. The number of ether oxygens (including phenoxy) is 2. The van der Waals surface area contributed by atoms with Gasteiger partial charge in [-0.25, -0.2) is 0 Å². The molecule has 0 N–H and O–H groups in total. The second-order valence-corrected chi connectivity index (χ2v) is 5.31. The zero-order valence-electron chi connectivity index (χ0n) is 13.3. The molecule has 1 aliphatic carbocycles. The van der Waals surface area contributed by atoms with Crippen LogP contribution in [-0.2, 0) is 19.1 Å². The van der Waals surface area contributed by atoms with Gasteiger partial charge in [-0.2, -0.15) is 0 Å². The summed E-state index contributed by atoms with van der Waals surface area (Å²) in [6.45, 7) is 9.92. The van der Waals surface area contributed by atoms with Gasteiger partial charge in [-0.3, -0.25) is 9.59 Å². The molecule has 1 saturated carbocycles. The number of rotatable bonds is 7. The minimum absolute atomic E-state index is 0.0327. The Labute approximate surface area is 127 Å². The highest BCUT2D eigenvalue weighted by Gasteiger charge is 2.55. The van der Waals surface area contributed by atoms with E-state index >= 15 is 0 Å². The average Bonchev–Trinajstić information content (AvgIpc) is 2.86. The SMILES string of the molecule is C=CC1CC(C(=O)OCC)(C(=O)OCC)C/C1=C\CCC. The second-order valence-electron chi connectivity index (χ2n) is 5.31. The molecule has 1 rings (SSSR count). The molecule has 118 valence electrons. The lowest BCUT2D eigenvalue weighted by Gasteiger charge is -2.24. The van der Waals surface area contributed by atoms with Crippen LogP contribution in [0.4, 0.5) is 0 Å². The van der Waals surface area contributed by atoms with Crippen LogP contribution in [0.2, 0.25) is 0 Å². The molecule has 0 aromatic rings. The van der Waals surface area contributed by atoms with E-state index in [1.807, 2.05) is 6.08 Å². The Hall–Kier alpha value is -1.58. The predicted octanol–water partition coefficient (Wildman–Crippen LogP) is 3.42. The number of hydrogen-bond acceptors (Lipinski definition) is 4. The number of hydrogen-bond donors (Lipinski definition) is 0. The van der Waals surface area contributed by atoms with Gasteiger partial charge in [0.2, 0.25) is 0 Å². The smallest absolute Gasteiger partial charge is 0.323 e. The zero-order chi connectivity index (χ0) is 15.9. The van der Waals surface area contributed by atoms with E-state index in [4.69, 9.17) is 9.47 Å². The summed E-state index contributed by atoms with van der Waals surface area (Å²) in [5, 5.41) is 0. The van der Waals surface area contributed by atoms with Crippen LogP contribution in [0.15, 0.2) is 24.3 Å². The normalized spacial score (nSPS) is 22.0. The highest BCUT2D eigenvalue weighted by Crippen LogP contribution is 2.48. The lowest BCUT2D eigenvalue weighted by Crippen LogP contribution is -2.40. The van der Waals surface area contributed by atoms with E-state index in [2.05, 4.69) is 19.6 Å². The molecule has 4 heteroatoms. The first kappa shape index (κ1) is 17.5. The molecular weight excluding hydrogens is 268 g/mol. The molecule has 4 nitrogen and oxygen atoms in total. The zero-order valence-corrected chi connectivity index (χ0v) is 13.3. The molecule has 0 amide bonds. The number of carbonyl (C=O) groups excluding carboxylic acids is 2. The van der Waals surface area contributed by atoms with Crippen LogP contribution < -0.4 is 0 Å². The quantitative estimate of drug-likeness (QED) is 0.410. The molecule has 0 saturated heterocycles. The third-order valence-electron chi connectivity index (χ3n) is 3.86. The molecule has 0 heterocycles. The van der Waals surface area contributed by atoms with Crippen LogP contribution in [0.25, 0.3) is 0 Å². The van der Waals surface area contributed by atoms with Gasteiger partial charge in [-0.05, 0) is 39.0 Å². The Morgan fingerprint density at radius 2 is 1.81 bits per heavy atom. The topological polar surface area (TPSA) is 52.6 Å². The van der Waals surface area contributed by atoms with Crippen molar-refractivity contribution >= 4 is 11.9 Å². The van der Waals surface area contributed by atoms with Gasteiger partial charge >= 0.3 is 11.9 Å². The van der Waals surface area contributed by atoms with Crippen molar-refractivity contribution in [2.24, 2.45) is 11.3 Å². The first-order chi connectivity index (χ1) is 10.1. The first-order valence-corrected chi connectivity index (χ1v) is 7.71. The third kappa shape index (κ3) is 3.74. The molecule has 1 atom stereocenters. The van der Waals surface area contributed by atoms with Crippen molar-refractivity contribution in [3.8, 4) is 0 Å². The van der Waals surface area contributed by atoms with Crippen LogP contribution >= 0.6 is 0 Å². The summed E-state index contributed by atoms with van der Waals surface area (Å²) >= 11 is 0. The monoisotopic (exact) mass is 294 g/mol. The Balaban J connectivity index is 3.11. The van der Waals surface area contributed by atoms with Crippen LogP contribution in [-0.4, -0.2) is 25.2 Å². The van der Waals surface area contributed by atoms with Crippen molar-refractivity contribution < 1.29 is 19.1 Å². The molecule has 1 unspecified atom stereocenters. The Bertz CT molecular complexity index is 405. The maximum absolute atomic E-state index is 12.4. The molecule has 1 fully saturated rings. The number of allylic oxidation sites excluding steroid dienone is 3. The minimum atomic E-state index is -1.20. The molecular formula is C17H26O4. The van der Waals surface area contributed by atoms with E-state index < -0.39 is 17.4 Å². The second kappa shape index (κ2) is 8.01. The fraction of sp³-hybridized carbons (Fsp3) is 0.647. The van der Waals surface area contributed by atoms with Gasteiger partial charge in [0.25, 0.3) is 0 Å². The standard InChI is InChI=1S/C17H26O4/c1-5-9-10-14-12-17(11-13(14)6-2,15(18)20-7-3)16(19)21-8-4/h6,10,13H,2,5,7-9,11-12H2,1,3-4H3/b14-10+. The molecule has 21 heavy (non-hydrogen) atoms. The van der Waals surface area contributed by atoms with Crippen LogP contribution in [0, 0.1) is 11.3 Å². The van der Waals surface area contributed by atoms with Crippen molar-refractivity contribution in [3.05, 3.63) is 24.3 Å². The summed E-state index contributed by atoms with van der Waals surface area (Å²) in [5.74, 6) is -0.921. The van der Waals surface area contributed by atoms with E-state index in [0.717, 1.165) is 18.4 Å². The maximum atomic E-state index is 12.4. The molecule has 0 bridgehead atoms. The van der Waals surface area contributed by atoms with Gasteiger partial charge < -0.3 is 9.47 Å². The van der Waals surface area contributed by atoms with Gasteiger partial charge in [0, 0.05) is 0 Å². The van der Waals surface area contributed by atoms with E-state index in [-0.39, 0.29) is 19.1 Å². The highest BCUT2D eigenvalue weighted by molar-refractivity contribution is 6.01. The van der Waals surface area contributed by atoms with Gasteiger partial charge in [0.15, 0.2) is 5.41 Å². The lowest BCUT2D eigenvalue weighted by atomic mass is 9.85. The van der Waals surface area contributed by atoms with Crippen molar-refractivity contribution in [1.29, 1.82) is 0 Å². The Morgan fingerprint density at radius 3 is 2.24 bits per heavy atom. The molecule has 1 aliphatic rings. The fourth-order valence-corrected chi connectivity index (χ4v) is 2.78. The average molecular weight is 294 g/mol. The Kier molecular flexibility index (Phi) is 6.66. The molecule has 0 aromatic carbocycles. The van der Waals surface area contributed by atoms with E-state index in [0.29, 0.717) is 12.8 Å². The Morgan fingerprint density at radius 1 is 1.24 bits per heavy atom. The van der Waals surface area contributed by atoms with Crippen molar-refractivity contribution in [3.63, 3.8) is 0 Å². The summed E-state index contributed by atoms with van der Waals surface area (Å²) in [6.07, 6.45) is 6.65. The molecule has 0 aliphatic heterocycles. The van der Waals surface area contributed by atoms with Crippen molar-refractivity contribution in [2.75, 3.05) is 13.2 Å². The van der Waals surface area contributed by atoms with Crippen molar-refractivity contribution in [1.82, 2.24) is 0 Å². The number of carbonyl (C=O) groups is 2. The van der Waals surface area contributed by atoms with Gasteiger partial charge in [0.1, 0.15) is 0 Å². The number of unbranched alkanes of at least 4 members (excludes halogenated alkanes) is 1. The summed E-state index contributed by atoms with van der Waals surface area (Å²) in [6, 6.07) is 0. The van der Waals surface area contributed by atoms with E-state index in [1.165, 1.54) is 0 Å². The van der Waals surface area contributed by atoms with Gasteiger partial charge in [0.05, 0.1) is 13.2 Å². The lowest BCUT2D eigenvalue weighted by molar-refractivity contribution is -0.171. The van der Waals surface area contributed by atoms with E-state index in [1.54, 1.807) is 13.8 Å². The predicted molar refractivity (Wildman–Crippen MR) is 81.6 cm³/mol. The fourth-order valence-electron chi connectivity index (χ4n) is 2.78. The summed E-state index contributed by atoms with van der Waals surface area (Å²) in [7, 11) is 0.